The minimum atomic E-state index is 0.905. The molecule has 0 N–H and O–H groups in total. The van der Waals surface area contributed by atoms with Gasteiger partial charge in [-0.25, -0.2) is 0 Å². The van der Waals surface area contributed by atoms with Gasteiger partial charge in [-0.3, -0.25) is 0 Å². The number of para-hydroxylation sites is 1. The van der Waals surface area contributed by atoms with E-state index in [0.717, 1.165) is 27.5 Å². The molecule has 2 aromatic heterocycles. The number of rotatable bonds is 3. The fourth-order valence-corrected chi connectivity index (χ4v) is 8.58. The van der Waals surface area contributed by atoms with E-state index < -0.39 is 0 Å². The standard InChI is InChI=1S/C44H26OS/c1-2-12-27(13-3-1)41-31-15-4-6-17-33(31)42(34-18-7-5-16-32(34)41)36-24-23-29(44-43(36)35-19-8-10-20-38(35)45-44)28-22-25-40-37(26-28)30-14-9-11-21-39(30)46-40/h1-26H. The quantitative estimate of drug-likeness (QED) is 0.183. The summed E-state index contributed by atoms with van der Waals surface area (Å²) >= 11 is 1.85. The van der Waals surface area contributed by atoms with Gasteiger partial charge in [-0.2, -0.15) is 0 Å². The highest BCUT2D eigenvalue weighted by molar-refractivity contribution is 7.25. The van der Waals surface area contributed by atoms with Crippen LogP contribution in [0.5, 0.6) is 0 Å². The van der Waals surface area contributed by atoms with Crippen LogP contribution in [0.3, 0.4) is 0 Å². The van der Waals surface area contributed by atoms with E-state index in [2.05, 4.69) is 158 Å². The first-order chi connectivity index (χ1) is 22.8. The highest BCUT2D eigenvalue weighted by Crippen LogP contribution is 2.49. The van der Waals surface area contributed by atoms with Gasteiger partial charge in [0.2, 0.25) is 0 Å². The molecule has 1 nitrogen and oxygen atoms in total. The first-order valence-corrected chi connectivity index (χ1v) is 16.5. The molecule has 0 aliphatic carbocycles. The van der Waals surface area contributed by atoms with Crippen molar-refractivity contribution < 1.29 is 4.42 Å². The molecule has 0 spiro atoms. The molecule has 0 aliphatic heterocycles. The van der Waals surface area contributed by atoms with Gasteiger partial charge in [0.15, 0.2) is 0 Å². The number of benzene rings is 8. The van der Waals surface area contributed by atoms with Gasteiger partial charge < -0.3 is 4.42 Å². The molecule has 0 atom stereocenters. The largest absolute Gasteiger partial charge is 0.455 e. The van der Waals surface area contributed by atoms with Gasteiger partial charge in [0.1, 0.15) is 11.2 Å². The lowest BCUT2D eigenvalue weighted by Crippen LogP contribution is -1.91. The normalized spacial score (nSPS) is 11.9. The average Bonchev–Trinajstić information content (AvgIpc) is 3.69. The SMILES string of the molecule is c1ccc(-c2c3ccccc3c(-c3ccc(-c4ccc5sc6ccccc6c5c4)c4oc5ccccc5c34)c3ccccc23)cc1. The van der Waals surface area contributed by atoms with Gasteiger partial charge in [0.05, 0.1) is 0 Å². The van der Waals surface area contributed by atoms with E-state index in [-0.39, 0.29) is 0 Å². The van der Waals surface area contributed by atoms with Gasteiger partial charge in [0, 0.05) is 36.5 Å². The number of hydrogen-bond donors (Lipinski definition) is 0. The first kappa shape index (κ1) is 25.6. The Balaban J connectivity index is 1.32. The second-order valence-electron chi connectivity index (χ2n) is 12.0. The monoisotopic (exact) mass is 602 g/mol. The molecule has 0 saturated carbocycles. The third-order valence-electron chi connectivity index (χ3n) is 9.48. The highest BCUT2D eigenvalue weighted by Gasteiger charge is 2.22. The Labute approximate surface area is 269 Å². The molecule has 8 aromatic carbocycles. The summed E-state index contributed by atoms with van der Waals surface area (Å²) in [6.45, 7) is 0. The third-order valence-corrected chi connectivity index (χ3v) is 10.6. The number of fused-ring (bicyclic) bond motifs is 8. The number of thiophene rings is 1. The van der Waals surface area contributed by atoms with Crippen LogP contribution in [0.2, 0.25) is 0 Å². The summed E-state index contributed by atoms with van der Waals surface area (Å²) in [6, 6.07) is 57.1. The summed E-state index contributed by atoms with van der Waals surface area (Å²) in [6.07, 6.45) is 0. The second kappa shape index (κ2) is 9.90. The van der Waals surface area contributed by atoms with Crippen LogP contribution >= 0.6 is 11.3 Å². The van der Waals surface area contributed by atoms with Gasteiger partial charge in [0.25, 0.3) is 0 Å². The Morgan fingerprint density at radius 1 is 0.370 bits per heavy atom. The number of hydrogen-bond acceptors (Lipinski definition) is 2. The molecule has 0 fully saturated rings. The van der Waals surface area contributed by atoms with Crippen molar-refractivity contribution in [2.75, 3.05) is 0 Å². The topological polar surface area (TPSA) is 13.1 Å². The molecule has 0 unspecified atom stereocenters. The maximum Gasteiger partial charge on any atom is 0.143 e. The lowest BCUT2D eigenvalue weighted by Gasteiger charge is -2.18. The van der Waals surface area contributed by atoms with Crippen molar-refractivity contribution in [2.24, 2.45) is 0 Å². The zero-order valence-corrected chi connectivity index (χ0v) is 25.6. The zero-order chi connectivity index (χ0) is 30.2. The van der Waals surface area contributed by atoms with E-state index in [1.807, 2.05) is 11.3 Å². The van der Waals surface area contributed by atoms with Gasteiger partial charge in [-0.1, -0.05) is 127 Å². The van der Waals surface area contributed by atoms with E-state index in [1.165, 1.54) is 69.5 Å². The summed E-state index contributed by atoms with van der Waals surface area (Å²) in [7, 11) is 0. The van der Waals surface area contributed by atoms with Gasteiger partial charge >= 0.3 is 0 Å². The molecule has 46 heavy (non-hydrogen) atoms. The molecule has 0 saturated heterocycles. The second-order valence-corrected chi connectivity index (χ2v) is 13.1. The van der Waals surface area contributed by atoms with E-state index in [0.29, 0.717) is 0 Å². The van der Waals surface area contributed by atoms with Crippen LogP contribution in [0, 0.1) is 0 Å². The molecule has 0 radical (unpaired) electrons. The van der Waals surface area contributed by atoms with Crippen molar-refractivity contribution in [1.29, 1.82) is 0 Å². The van der Waals surface area contributed by atoms with Crippen LogP contribution in [0.4, 0.5) is 0 Å². The van der Waals surface area contributed by atoms with Crippen molar-refractivity contribution >= 4 is 75.0 Å². The van der Waals surface area contributed by atoms with Crippen molar-refractivity contribution in [2.45, 2.75) is 0 Å². The van der Waals surface area contributed by atoms with Crippen LogP contribution in [0.1, 0.15) is 0 Å². The Morgan fingerprint density at radius 2 is 0.935 bits per heavy atom. The van der Waals surface area contributed by atoms with Crippen molar-refractivity contribution in [3.05, 3.63) is 158 Å². The van der Waals surface area contributed by atoms with Crippen LogP contribution in [-0.4, -0.2) is 0 Å². The maximum atomic E-state index is 6.80. The molecule has 10 aromatic rings. The molecule has 0 aliphatic rings. The van der Waals surface area contributed by atoms with Crippen LogP contribution in [-0.2, 0) is 0 Å². The summed E-state index contributed by atoms with van der Waals surface area (Å²) in [5.41, 5.74) is 9.05. The molecule has 0 amide bonds. The Morgan fingerprint density at radius 3 is 1.67 bits per heavy atom. The van der Waals surface area contributed by atoms with Crippen LogP contribution < -0.4 is 0 Å². The number of furan rings is 1. The molecule has 2 heteroatoms. The average molecular weight is 603 g/mol. The first-order valence-electron chi connectivity index (χ1n) is 15.7. The van der Waals surface area contributed by atoms with Gasteiger partial charge in [-0.15, -0.1) is 11.3 Å². The minimum absolute atomic E-state index is 0.905. The zero-order valence-electron chi connectivity index (χ0n) is 24.8. The van der Waals surface area contributed by atoms with Crippen molar-refractivity contribution in [3.63, 3.8) is 0 Å². The third kappa shape index (κ3) is 3.68. The predicted octanol–water partition coefficient (Wildman–Crippen LogP) is 13.3. The van der Waals surface area contributed by atoms with Crippen LogP contribution in [0.15, 0.2) is 162 Å². The van der Waals surface area contributed by atoms with E-state index >= 15 is 0 Å². The Bertz CT molecular complexity index is 2740. The maximum absolute atomic E-state index is 6.80. The summed E-state index contributed by atoms with van der Waals surface area (Å²) < 4.78 is 9.42. The summed E-state index contributed by atoms with van der Waals surface area (Å²) in [5, 5.41) is 9.88. The molecular weight excluding hydrogens is 577 g/mol. The van der Waals surface area contributed by atoms with E-state index in [4.69, 9.17) is 4.42 Å². The lowest BCUT2D eigenvalue weighted by molar-refractivity contribution is 0.670. The fraction of sp³-hybridized carbons (Fsp3) is 0. The summed E-state index contributed by atoms with van der Waals surface area (Å²) in [4.78, 5) is 0. The van der Waals surface area contributed by atoms with Gasteiger partial charge in [-0.05, 0) is 79.7 Å². The molecule has 10 rings (SSSR count). The Kier molecular flexibility index (Phi) is 5.51. The van der Waals surface area contributed by atoms with Crippen molar-refractivity contribution in [1.82, 2.24) is 0 Å². The molecule has 0 bridgehead atoms. The predicted molar refractivity (Wildman–Crippen MR) is 198 cm³/mol. The minimum Gasteiger partial charge on any atom is -0.455 e. The van der Waals surface area contributed by atoms with E-state index in [1.54, 1.807) is 0 Å². The lowest BCUT2D eigenvalue weighted by atomic mass is 9.84. The van der Waals surface area contributed by atoms with Crippen molar-refractivity contribution in [3.8, 4) is 33.4 Å². The Hall–Kier alpha value is -5.70. The molecule has 2 heterocycles. The smallest absolute Gasteiger partial charge is 0.143 e. The summed E-state index contributed by atoms with van der Waals surface area (Å²) in [5.74, 6) is 0. The molecular formula is C44H26OS. The molecule has 214 valence electrons. The fourth-order valence-electron chi connectivity index (χ4n) is 7.49. The highest BCUT2D eigenvalue weighted by atomic mass is 32.1. The van der Waals surface area contributed by atoms with Crippen LogP contribution in [0.25, 0.3) is 97.0 Å². The van der Waals surface area contributed by atoms with E-state index in [9.17, 15) is 0 Å².